The normalized spacial score (nSPS) is 10.6. The van der Waals surface area contributed by atoms with Crippen LogP contribution in [0.3, 0.4) is 0 Å². The summed E-state index contributed by atoms with van der Waals surface area (Å²) in [7, 11) is 0. The predicted octanol–water partition coefficient (Wildman–Crippen LogP) is 2.86. The molecule has 0 radical (unpaired) electrons. The molecule has 4 aromatic rings. The van der Waals surface area contributed by atoms with Gasteiger partial charge in [0.1, 0.15) is 5.69 Å². The van der Waals surface area contributed by atoms with Gasteiger partial charge < -0.3 is 0 Å². The Morgan fingerprint density at radius 1 is 0.692 bits per heavy atom. The van der Waals surface area contributed by atoms with E-state index in [1.165, 1.54) is 6.20 Å². The number of hydrogen-bond donors (Lipinski definition) is 2. The van der Waals surface area contributed by atoms with E-state index in [-0.39, 0.29) is 5.69 Å². The van der Waals surface area contributed by atoms with Crippen molar-refractivity contribution in [2.45, 2.75) is 0 Å². The number of pyridine rings is 2. The van der Waals surface area contributed by atoms with Crippen LogP contribution in [0.4, 0.5) is 0 Å². The van der Waals surface area contributed by atoms with Gasteiger partial charge in [-0.2, -0.15) is 0 Å². The molecular weight excluding hydrogens is 328 g/mol. The molecule has 0 atom stereocenters. The van der Waals surface area contributed by atoms with Crippen LogP contribution in [-0.4, -0.2) is 21.8 Å². The van der Waals surface area contributed by atoms with Crippen molar-refractivity contribution in [3.05, 3.63) is 84.2 Å². The number of nitrogens with one attached hydrogen (secondary N) is 2. The largest absolute Gasteiger partial charge is 0.288 e. The molecule has 26 heavy (non-hydrogen) atoms. The number of para-hydroxylation sites is 2. The van der Waals surface area contributed by atoms with Gasteiger partial charge in [0.2, 0.25) is 0 Å². The van der Waals surface area contributed by atoms with Crippen LogP contribution in [0.5, 0.6) is 0 Å². The van der Waals surface area contributed by atoms with Gasteiger partial charge >= 0.3 is 0 Å². The van der Waals surface area contributed by atoms with Crippen molar-refractivity contribution in [2.24, 2.45) is 0 Å². The zero-order valence-corrected chi connectivity index (χ0v) is 13.6. The van der Waals surface area contributed by atoms with Crippen LogP contribution in [0, 0.1) is 0 Å². The highest BCUT2D eigenvalue weighted by molar-refractivity contribution is 6.16. The van der Waals surface area contributed by atoms with E-state index in [9.17, 15) is 9.59 Å². The first-order chi connectivity index (χ1) is 12.7. The molecule has 2 heterocycles. The molecule has 2 aromatic carbocycles. The van der Waals surface area contributed by atoms with Crippen LogP contribution in [0.25, 0.3) is 21.8 Å². The van der Waals surface area contributed by atoms with E-state index in [2.05, 4.69) is 20.8 Å². The number of nitrogens with zero attached hydrogens (tertiary/aromatic N) is 2. The fraction of sp³-hybridized carbons (Fsp3) is 0. The van der Waals surface area contributed by atoms with E-state index < -0.39 is 11.8 Å². The SMILES string of the molecule is O=C(NNC(=O)c1c2ccccc2nc2ccccc12)c1ccccn1. The van der Waals surface area contributed by atoms with Crippen LogP contribution in [0.1, 0.15) is 20.8 Å². The molecule has 0 unspecified atom stereocenters. The van der Waals surface area contributed by atoms with Gasteiger partial charge in [0.15, 0.2) is 0 Å². The second-order valence-corrected chi connectivity index (χ2v) is 5.64. The molecular formula is C20H14N4O2. The molecule has 2 amide bonds. The molecule has 0 bridgehead atoms. The number of rotatable bonds is 2. The van der Waals surface area contributed by atoms with Gasteiger partial charge in [-0.05, 0) is 24.3 Å². The van der Waals surface area contributed by atoms with Crippen molar-refractivity contribution in [3.8, 4) is 0 Å². The Bertz CT molecular complexity index is 1070. The number of benzene rings is 2. The van der Waals surface area contributed by atoms with Crippen molar-refractivity contribution in [1.29, 1.82) is 0 Å². The molecule has 2 aromatic heterocycles. The van der Waals surface area contributed by atoms with E-state index in [1.807, 2.05) is 48.5 Å². The lowest BCUT2D eigenvalue weighted by Crippen LogP contribution is -2.42. The number of hydrazine groups is 1. The third-order valence-corrected chi connectivity index (χ3v) is 4.00. The topological polar surface area (TPSA) is 84.0 Å². The minimum atomic E-state index is -0.485. The first kappa shape index (κ1) is 15.7. The Morgan fingerprint density at radius 3 is 1.88 bits per heavy atom. The molecule has 0 spiro atoms. The summed E-state index contributed by atoms with van der Waals surface area (Å²) in [5, 5.41) is 1.44. The van der Waals surface area contributed by atoms with E-state index in [1.54, 1.807) is 18.2 Å². The van der Waals surface area contributed by atoms with Crippen molar-refractivity contribution in [1.82, 2.24) is 20.8 Å². The van der Waals surface area contributed by atoms with Crippen molar-refractivity contribution < 1.29 is 9.59 Å². The minimum absolute atomic E-state index is 0.220. The van der Waals surface area contributed by atoms with E-state index in [4.69, 9.17) is 0 Å². The quantitative estimate of drug-likeness (QED) is 0.433. The predicted molar refractivity (Wildman–Crippen MR) is 98.4 cm³/mol. The summed E-state index contributed by atoms with van der Waals surface area (Å²) in [5.74, 6) is -0.898. The molecule has 6 heteroatoms. The zero-order valence-electron chi connectivity index (χ0n) is 13.6. The molecule has 0 aliphatic heterocycles. The van der Waals surface area contributed by atoms with Crippen LogP contribution in [0.15, 0.2) is 72.9 Å². The van der Waals surface area contributed by atoms with Gasteiger partial charge in [0.05, 0.1) is 16.6 Å². The molecule has 126 valence electrons. The maximum Gasteiger partial charge on any atom is 0.288 e. The van der Waals surface area contributed by atoms with Gasteiger partial charge in [0, 0.05) is 17.0 Å². The fourth-order valence-corrected chi connectivity index (χ4v) is 2.82. The maximum absolute atomic E-state index is 12.8. The molecule has 0 aliphatic carbocycles. The maximum atomic E-state index is 12.8. The smallest absolute Gasteiger partial charge is 0.267 e. The molecule has 2 N–H and O–H groups in total. The first-order valence-electron chi connectivity index (χ1n) is 8.03. The zero-order chi connectivity index (χ0) is 17.9. The van der Waals surface area contributed by atoms with Crippen LogP contribution in [0.2, 0.25) is 0 Å². The van der Waals surface area contributed by atoms with Gasteiger partial charge in [-0.25, -0.2) is 4.98 Å². The van der Waals surface area contributed by atoms with Gasteiger partial charge in [0.25, 0.3) is 11.8 Å². The van der Waals surface area contributed by atoms with Crippen LogP contribution < -0.4 is 10.9 Å². The Kier molecular flexibility index (Phi) is 3.99. The number of hydrogen-bond acceptors (Lipinski definition) is 4. The van der Waals surface area contributed by atoms with E-state index >= 15 is 0 Å². The van der Waals surface area contributed by atoms with E-state index in [0.717, 1.165) is 10.8 Å². The molecule has 0 saturated heterocycles. The third kappa shape index (κ3) is 2.84. The second kappa shape index (κ2) is 6.60. The monoisotopic (exact) mass is 342 g/mol. The standard InChI is InChI=1S/C20H14N4O2/c25-19(17-11-5-6-12-21-17)23-24-20(26)18-13-7-1-3-9-15(13)22-16-10-4-2-8-14(16)18/h1-12H,(H,23,25)(H,24,26). The molecule has 0 fully saturated rings. The molecule has 0 aliphatic rings. The number of carbonyl (C=O) groups is 2. The Morgan fingerprint density at radius 2 is 1.27 bits per heavy atom. The molecule has 0 saturated carbocycles. The highest BCUT2D eigenvalue weighted by Crippen LogP contribution is 2.25. The average molecular weight is 342 g/mol. The summed E-state index contributed by atoms with van der Waals surface area (Å²) in [6.45, 7) is 0. The highest BCUT2D eigenvalue weighted by Gasteiger charge is 2.16. The average Bonchev–Trinajstić information content (AvgIpc) is 2.70. The van der Waals surface area contributed by atoms with Gasteiger partial charge in [-0.1, -0.05) is 42.5 Å². The number of aromatic nitrogens is 2. The van der Waals surface area contributed by atoms with E-state index in [0.29, 0.717) is 16.6 Å². The van der Waals surface area contributed by atoms with Crippen molar-refractivity contribution >= 4 is 33.6 Å². The summed E-state index contributed by atoms with van der Waals surface area (Å²) in [6, 6.07) is 19.8. The summed E-state index contributed by atoms with van der Waals surface area (Å²) in [6.07, 6.45) is 1.51. The molecule has 4 rings (SSSR count). The van der Waals surface area contributed by atoms with Crippen molar-refractivity contribution in [2.75, 3.05) is 0 Å². The Labute approximate surface area is 148 Å². The van der Waals surface area contributed by atoms with Gasteiger partial charge in [-0.3, -0.25) is 25.4 Å². The lowest BCUT2D eigenvalue weighted by Gasteiger charge is -2.12. The first-order valence-corrected chi connectivity index (χ1v) is 8.03. The Balaban J connectivity index is 1.70. The van der Waals surface area contributed by atoms with Crippen LogP contribution >= 0.6 is 0 Å². The summed E-state index contributed by atoms with van der Waals surface area (Å²) in [5.41, 5.74) is 7.00. The number of carbonyl (C=O) groups excluding carboxylic acids is 2. The summed E-state index contributed by atoms with van der Waals surface area (Å²) in [4.78, 5) is 33.5. The fourth-order valence-electron chi connectivity index (χ4n) is 2.82. The minimum Gasteiger partial charge on any atom is -0.267 e. The summed E-state index contributed by atoms with van der Waals surface area (Å²) < 4.78 is 0. The highest BCUT2D eigenvalue weighted by atomic mass is 16.2. The summed E-state index contributed by atoms with van der Waals surface area (Å²) >= 11 is 0. The van der Waals surface area contributed by atoms with Gasteiger partial charge in [-0.15, -0.1) is 0 Å². The lowest BCUT2D eigenvalue weighted by atomic mass is 10.0. The molecule has 6 nitrogen and oxygen atoms in total. The number of fused-ring (bicyclic) bond motifs is 2. The van der Waals surface area contributed by atoms with Crippen molar-refractivity contribution in [3.63, 3.8) is 0 Å². The Hall–Kier alpha value is -3.80. The van der Waals surface area contributed by atoms with Crippen LogP contribution in [-0.2, 0) is 0 Å². The number of amides is 2. The third-order valence-electron chi connectivity index (χ3n) is 4.00. The lowest BCUT2D eigenvalue weighted by molar-refractivity contribution is 0.0845. The second-order valence-electron chi connectivity index (χ2n) is 5.64.